The van der Waals surface area contributed by atoms with Crippen molar-refractivity contribution in [2.45, 2.75) is 0 Å². The zero-order chi connectivity index (χ0) is 0. The van der Waals surface area contributed by atoms with Crippen LogP contribution >= 0.6 is 0 Å². The van der Waals surface area contributed by atoms with E-state index < -0.39 is 0 Å². The van der Waals surface area contributed by atoms with E-state index >= 15 is 0 Å². The molecule has 6 heavy (non-hydrogen) atoms. The molecule has 0 bridgehead atoms. The Kier molecular flexibility index (Phi) is 1840. The molecule has 0 aliphatic carbocycles. The molecule has 0 amide bonds. The molecule has 0 atom stereocenters. The predicted molar refractivity (Wildman–Crippen MR) is 0 cm³/mol. The maximum absolute atomic E-state index is 0. The fourth-order valence-electron chi connectivity index (χ4n) is 0. The average molecular weight is 372 g/mol. The Hall–Kier alpha value is 1.56. The van der Waals surface area contributed by atoms with Crippen LogP contribution in [0.4, 0.5) is 0 Å². The van der Waals surface area contributed by atoms with E-state index in [0.717, 1.165) is 0 Å². The maximum atomic E-state index is 0. The summed E-state index contributed by atoms with van der Waals surface area (Å²) in [5, 5.41) is 0. The van der Waals surface area contributed by atoms with Crippen LogP contribution in [0, 0.1) is 39.9 Å². The van der Waals surface area contributed by atoms with Gasteiger partial charge in [-0.25, -0.2) is 0 Å². The summed E-state index contributed by atoms with van der Waals surface area (Å²) >= 11 is 0. The summed E-state index contributed by atoms with van der Waals surface area (Å²) in [5.41, 5.74) is 0. The molecule has 0 nitrogen and oxygen atoms in total. The Labute approximate surface area is 75.1 Å². The Balaban J connectivity index is 0. The number of rotatable bonds is 0. The van der Waals surface area contributed by atoms with Crippen molar-refractivity contribution >= 4 is 0 Å². The van der Waals surface area contributed by atoms with Gasteiger partial charge in [-0.1, -0.05) is 0 Å². The van der Waals surface area contributed by atoms with Crippen molar-refractivity contribution < 1.29 is 75.8 Å². The van der Waals surface area contributed by atoms with Crippen LogP contribution in [-0.4, -0.2) is 0 Å². The molecule has 0 unspecified atom stereocenters. The van der Waals surface area contributed by atoms with E-state index in [2.05, 4.69) is 0 Å². The minimum atomic E-state index is 0. The van der Waals surface area contributed by atoms with Gasteiger partial charge in [0.05, 0.1) is 0 Å². The van der Waals surface area contributed by atoms with Gasteiger partial charge in [-0.3, -0.25) is 0 Å². The second-order valence-electron chi connectivity index (χ2n) is 0. The Bertz CT molecular complexity index is 7.51. The van der Waals surface area contributed by atoms with Crippen LogP contribution in [0.2, 0.25) is 0 Å². The van der Waals surface area contributed by atoms with Crippen molar-refractivity contribution in [2.75, 3.05) is 0 Å². The Morgan fingerprint density at radius 1 is 0.500 bits per heavy atom. The topological polar surface area (TPSA) is 0 Å². The quantitative estimate of drug-likeness (QED) is 0.293. The Morgan fingerprint density at radius 2 is 0.500 bits per heavy atom. The van der Waals surface area contributed by atoms with Crippen molar-refractivity contribution in [3.63, 3.8) is 0 Å². The number of hydrogen-bond donors (Lipinski definition) is 0. The first-order valence-electron chi connectivity index (χ1n) is 0. The molecule has 1 radical (unpaired) electrons. The monoisotopic (exact) mass is 371 g/mol. The standard InChI is InChI=1S/Cu.4FH.Th/h;4*1H;/q;;;;;+4/p-4. The van der Waals surface area contributed by atoms with Crippen molar-refractivity contribution in [3.8, 4) is 0 Å². The fraction of sp³-hybridized carbons (Fsp3) is 0. The van der Waals surface area contributed by atoms with Crippen molar-refractivity contribution in [1.29, 1.82) is 0 Å². The summed E-state index contributed by atoms with van der Waals surface area (Å²) in [6.07, 6.45) is 0. The molecule has 0 aliphatic heterocycles. The second kappa shape index (κ2) is 83.1. The van der Waals surface area contributed by atoms with Gasteiger partial charge in [0.15, 0.2) is 0 Å². The van der Waals surface area contributed by atoms with Crippen LogP contribution in [0.3, 0.4) is 0 Å². The van der Waals surface area contributed by atoms with E-state index in [9.17, 15) is 0 Å². The molecule has 0 rings (SSSR count). The second-order valence-corrected chi connectivity index (χ2v) is 0. The van der Waals surface area contributed by atoms with Crippen LogP contribution in [0.15, 0.2) is 0 Å². The number of hydrogen-bond acceptors (Lipinski definition) is 0. The van der Waals surface area contributed by atoms with Gasteiger partial charge in [-0.2, -0.15) is 0 Å². The van der Waals surface area contributed by atoms with E-state index in [1.165, 1.54) is 0 Å². The molecule has 0 aromatic carbocycles. The molecule has 0 aliphatic rings. The third-order valence-electron chi connectivity index (χ3n) is 0. The van der Waals surface area contributed by atoms with Crippen LogP contribution in [0.5, 0.6) is 0 Å². The molecule has 0 heterocycles. The SMILES string of the molecule is [Cu].[F-].[F-].[F-].[F-].[Th+4]. The third kappa shape index (κ3) is 47.4. The summed E-state index contributed by atoms with van der Waals surface area (Å²) in [4.78, 5) is 0. The molecule has 0 saturated heterocycles. The minimum absolute atomic E-state index is 0. The molecular formula is CuF4Th. The minimum Gasteiger partial charge on any atom is -1.00 e. The Morgan fingerprint density at radius 3 is 0.500 bits per heavy atom. The van der Waals surface area contributed by atoms with Gasteiger partial charge in [-0.15, -0.1) is 0 Å². The molecular weight excluding hydrogens is 372 g/mol. The van der Waals surface area contributed by atoms with Gasteiger partial charge in [0.25, 0.3) is 0 Å². The third-order valence-corrected chi connectivity index (χ3v) is 0. The molecule has 0 saturated carbocycles. The van der Waals surface area contributed by atoms with Gasteiger partial charge >= 0.3 is 39.9 Å². The van der Waals surface area contributed by atoms with E-state index in [0.29, 0.717) is 0 Å². The van der Waals surface area contributed by atoms with E-state index in [1.807, 2.05) is 0 Å². The normalized spacial score (nSPS) is 0. The predicted octanol–water partition coefficient (Wildman–Crippen LogP) is -12.0. The molecule has 0 spiro atoms. The van der Waals surface area contributed by atoms with Gasteiger partial charge in [-0.05, 0) is 0 Å². The summed E-state index contributed by atoms with van der Waals surface area (Å²) < 4.78 is 0. The average Bonchev–Trinajstić information content (AvgIpc) is 0. The maximum Gasteiger partial charge on any atom is 4.00 e. The first-order valence-corrected chi connectivity index (χ1v) is 0. The van der Waals surface area contributed by atoms with E-state index in [-0.39, 0.29) is 75.8 Å². The molecule has 0 N–H and O–H groups in total. The largest absolute Gasteiger partial charge is 4.00 e. The first-order chi connectivity index (χ1) is 0. The van der Waals surface area contributed by atoms with E-state index in [4.69, 9.17) is 0 Å². The van der Waals surface area contributed by atoms with Crippen molar-refractivity contribution in [1.82, 2.24) is 0 Å². The van der Waals surface area contributed by atoms with Gasteiger partial charge in [0.2, 0.25) is 0 Å². The smallest absolute Gasteiger partial charge is 1.00 e. The number of halogens is 4. The van der Waals surface area contributed by atoms with Crippen LogP contribution in [0.25, 0.3) is 0 Å². The van der Waals surface area contributed by atoms with Gasteiger partial charge in [0, 0.05) is 17.1 Å². The van der Waals surface area contributed by atoms with Gasteiger partial charge < -0.3 is 18.8 Å². The van der Waals surface area contributed by atoms with Crippen LogP contribution in [0.1, 0.15) is 0 Å². The molecule has 0 fully saturated rings. The zero-order valence-corrected chi connectivity index (χ0v) is 7.36. The fourth-order valence-corrected chi connectivity index (χ4v) is 0. The van der Waals surface area contributed by atoms with E-state index in [1.54, 1.807) is 0 Å². The van der Waals surface area contributed by atoms with Crippen LogP contribution in [-0.2, 0) is 17.1 Å². The summed E-state index contributed by atoms with van der Waals surface area (Å²) in [6.45, 7) is 0. The molecule has 0 aromatic heterocycles. The zero-order valence-electron chi connectivity index (χ0n) is 2.31. The van der Waals surface area contributed by atoms with Crippen molar-refractivity contribution in [2.24, 2.45) is 0 Å². The summed E-state index contributed by atoms with van der Waals surface area (Å²) in [5.74, 6) is 0. The molecule has 43 valence electrons. The molecule has 0 aromatic rings. The molecule has 6 heteroatoms. The summed E-state index contributed by atoms with van der Waals surface area (Å²) in [7, 11) is 0. The first kappa shape index (κ1) is 133. The van der Waals surface area contributed by atoms with Crippen LogP contribution < -0.4 is 18.8 Å². The summed E-state index contributed by atoms with van der Waals surface area (Å²) in [6, 6.07) is 0. The van der Waals surface area contributed by atoms with Crippen molar-refractivity contribution in [3.05, 3.63) is 0 Å². The van der Waals surface area contributed by atoms with Gasteiger partial charge in [0.1, 0.15) is 0 Å².